The highest BCUT2D eigenvalue weighted by Crippen LogP contribution is 2.16. The third-order valence-corrected chi connectivity index (χ3v) is 2.07. The number of nitrogens with zero attached hydrogens (tertiary/aromatic N) is 2. The normalized spacial score (nSPS) is 9.92. The van der Waals surface area contributed by atoms with Crippen LogP contribution in [0.1, 0.15) is 0 Å². The van der Waals surface area contributed by atoms with E-state index in [1.165, 1.54) is 18.5 Å². The molecule has 1 N–H and O–H groups in total. The molecule has 0 aliphatic heterocycles. The lowest BCUT2D eigenvalue weighted by Crippen LogP contribution is -2.20. The zero-order valence-corrected chi connectivity index (χ0v) is 8.25. The van der Waals surface area contributed by atoms with E-state index >= 15 is 0 Å². The maximum absolute atomic E-state index is 11.0. The molecule has 0 aliphatic rings. The monoisotopic (exact) mass is 233 g/mol. The van der Waals surface area contributed by atoms with Gasteiger partial charge in [-0.15, -0.1) is 0 Å². The number of aromatic nitrogens is 2. The minimum atomic E-state index is -0.232. The molecule has 0 aliphatic carbocycles. The highest BCUT2D eigenvalue weighted by molar-refractivity contribution is 9.10. The Balaban J connectivity index is 3.16. The minimum Gasteiger partial charge on any atom is -0.312 e. The van der Waals surface area contributed by atoms with Crippen molar-refractivity contribution in [2.45, 2.75) is 0 Å². The molecule has 1 heterocycles. The fourth-order valence-corrected chi connectivity index (χ4v) is 1.15. The first kappa shape index (κ1) is 9.21. The summed E-state index contributed by atoms with van der Waals surface area (Å²) in [5.41, 5.74) is -0.232. The number of hydrogen-bond donors (Lipinski definition) is 1. The van der Waals surface area contributed by atoms with E-state index in [4.69, 9.17) is 4.84 Å². The van der Waals surface area contributed by atoms with Crippen molar-refractivity contribution in [3.63, 3.8) is 0 Å². The van der Waals surface area contributed by atoms with E-state index in [0.29, 0.717) is 10.3 Å². The van der Waals surface area contributed by atoms with Gasteiger partial charge in [-0.2, -0.15) is 0 Å². The van der Waals surface area contributed by atoms with Gasteiger partial charge in [-0.1, -0.05) is 0 Å². The summed E-state index contributed by atoms with van der Waals surface area (Å²) in [4.78, 5) is 22.2. The average molecular weight is 234 g/mol. The number of aromatic amines is 1. The molecule has 1 rings (SSSR count). The third kappa shape index (κ3) is 1.64. The van der Waals surface area contributed by atoms with Gasteiger partial charge >= 0.3 is 0 Å². The van der Waals surface area contributed by atoms with Gasteiger partial charge in [0.05, 0.1) is 13.4 Å². The smallest absolute Gasteiger partial charge is 0.267 e. The van der Waals surface area contributed by atoms with Crippen LogP contribution < -0.4 is 10.6 Å². The lowest BCUT2D eigenvalue weighted by Gasteiger charge is -2.14. The molecular formula is C6H8BrN3O2. The van der Waals surface area contributed by atoms with Crippen molar-refractivity contribution in [2.75, 3.05) is 19.2 Å². The van der Waals surface area contributed by atoms with Gasteiger partial charge in [0.2, 0.25) is 0 Å². The molecule has 12 heavy (non-hydrogen) atoms. The lowest BCUT2D eigenvalue weighted by atomic mass is 10.6. The molecule has 1 aromatic heterocycles. The molecule has 0 amide bonds. The highest BCUT2D eigenvalue weighted by Gasteiger charge is 2.08. The number of halogens is 1. The molecular weight excluding hydrogens is 226 g/mol. The average Bonchev–Trinajstić information content (AvgIpc) is 2.08. The Bertz CT molecular complexity index is 325. The number of hydroxylamine groups is 1. The fourth-order valence-electron chi connectivity index (χ4n) is 0.680. The number of rotatable bonds is 2. The Labute approximate surface area is 77.5 Å². The fraction of sp³-hybridized carbons (Fsp3) is 0.333. The molecule has 0 spiro atoms. The van der Waals surface area contributed by atoms with Crippen molar-refractivity contribution in [2.24, 2.45) is 0 Å². The lowest BCUT2D eigenvalue weighted by molar-refractivity contribution is 0.182. The summed E-state index contributed by atoms with van der Waals surface area (Å²) >= 11 is 3.09. The maximum atomic E-state index is 11.0. The first-order valence-electron chi connectivity index (χ1n) is 3.18. The first-order chi connectivity index (χ1) is 5.66. The number of hydrogen-bond acceptors (Lipinski definition) is 4. The van der Waals surface area contributed by atoms with Crippen molar-refractivity contribution in [1.29, 1.82) is 0 Å². The molecule has 5 nitrogen and oxygen atoms in total. The molecule has 66 valence electrons. The van der Waals surface area contributed by atoms with Crippen LogP contribution in [0.3, 0.4) is 0 Å². The van der Waals surface area contributed by atoms with Crippen molar-refractivity contribution in [1.82, 2.24) is 9.97 Å². The van der Waals surface area contributed by atoms with Crippen molar-refractivity contribution in [3.8, 4) is 0 Å². The zero-order chi connectivity index (χ0) is 9.14. The van der Waals surface area contributed by atoms with Gasteiger partial charge in [-0.05, 0) is 15.9 Å². The van der Waals surface area contributed by atoms with Crippen molar-refractivity contribution < 1.29 is 4.84 Å². The molecule has 0 fully saturated rings. The van der Waals surface area contributed by atoms with Gasteiger partial charge < -0.3 is 4.98 Å². The van der Waals surface area contributed by atoms with E-state index in [0.717, 1.165) is 0 Å². The quantitative estimate of drug-likeness (QED) is 0.758. The SMILES string of the molecule is CON(C)c1nc[nH]c(=O)c1Br. The predicted molar refractivity (Wildman–Crippen MR) is 48.0 cm³/mol. The summed E-state index contributed by atoms with van der Waals surface area (Å²) in [6, 6.07) is 0. The first-order valence-corrected chi connectivity index (χ1v) is 3.97. The summed E-state index contributed by atoms with van der Waals surface area (Å²) in [6.45, 7) is 0. The van der Waals surface area contributed by atoms with Gasteiger partial charge in [0.15, 0.2) is 5.82 Å². The molecule has 0 saturated heterocycles. The van der Waals surface area contributed by atoms with Crippen LogP contribution in [-0.2, 0) is 4.84 Å². The van der Waals surface area contributed by atoms with Gasteiger partial charge in [0.25, 0.3) is 5.56 Å². The Morgan fingerprint density at radius 3 is 3.00 bits per heavy atom. The van der Waals surface area contributed by atoms with E-state index in [1.807, 2.05) is 0 Å². The van der Waals surface area contributed by atoms with Crippen LogP contribution in [0, 0.1) is 0 Å². The number of anilines is 1. The van der Waals surface area contributed by atoms with Gasteiger partial charge in [-0.3, -0.25) is 9.63 Å². The van der Waals surface area contributed by atoms with E-state index in [1.54, 1.807) is 7.05 Å². The van der Waals surface area contributed by atoms with E-state index in [-0.39, 0.29) is 5.56 Å². The molecule has 0 saturated carbocycles. The third-order valence-electron chi connectivity index (χ3n) is 1.35. The summed E-state index contributed by atoms with van der Waals surface area (Å²) in [6.07, 6.45) is 1.32. The summed E-state index contributed by atoms with van der Waals surface area (Å²) < 4.78 is 0.356. The Kier molecular flexibility index (Phi) is 2.83. The van der Waals surface area contributed by atoms with Crippen LogP contribution >= 0.6 is 15.9 Å². The van der Waals surface area contributed by atoms with Gasteiger partial charge in [0, 0.05) is 7.05 Å². The number of nitrogens with one attached hydrogen (secondary N) is 1. The predicted octanol–water partition coefficient (Wildman–Crippen LogP) is 0.530. The highest BCUT2D eigenvalue weighted by atomic mass is 79.9. The van der Waals surface area contributed by atoms with Crippen molar-refractivity contribution >= 4 is 21.7 Å². The molecule has 0 radical (unpaired) electrons. The molecule has 0 bridgehead atoms. The van der Waals surface area contributed by atoms with E-state index < -0.39 is 0 Å². The Morgan fingerprint density at radius 1 is 1.75 bits per heavy atom. The van der Waals surface area contributed by atoms with Crippen LogP contribution in [0.4, 0.5) is 5.82 Å². The minimum absolute atomic E-state index is 0.232. The molecule has 1 aromatic rings. The molecule has 0 atom stereocenters. The largest absolute Gasteiger partial charge is 0.312 e. The van der Waals surface area contributed by atoms with Gasteiger partial charge in [0.1, 0.15) is 4.47 Å². The summed E-state index contributed by atoms with van der Waals surface area (Å²) in [7, 11) is 3.15. The standard InChI is InChI=1S/C6H8BrN3O2/c1-10(12-2)5-4(7)6(11)9-3-8-5/h3H,1-2H3,(H,8,9,11). The van der Waals surface area contributed by atoms with Crippen LogP contribution in [0.15, 0.2) is 15.6 Å². The number of H-pyrrole nitrogens is 1. The Morgan fingerprint density at radius 2 is 2.42 bits per heavy atom. The van der Waals surface area contributed by atoms with Gasteiger partial charge in [-0.25, -0.2) is 10.0 Å². The second-order valence-corrected chi connectivity index (χ2v) is 2.84. The van der Waals surface area contributed by atoms with E-state index in [9.17, 15) is 4.79 Å². The van der Waals surface area contributed by atoms with Crippen molar-refractivity contribution in [3.05, 3.63) is 21.2 Å². The Hall–Kier alpha value is -0.880. The van der Waals surface area contributed by atoms with Crippen LogP contribution in [0.25, 0.3) is 0 Å². The maximum Gasteiger partial charge on any atom is 0.267 e. The van der Waals surface area contributed by atoms with Crippen LogP contribution in [-0.4, -0.2) is 24.1 Å². The van der Waals surface area contributed by atoms with Crippen LogP contribution in [0.2, 0.25) is 0 Å². The molecule has 6 heteroatoms. The molecule has 0 aromatic carbocycles. The van der Waals surface area contributed by atoms with E-state index in [2.05, 4.69) is 25.9 Å². The molecule has 0 unspecified atom stereocenters. The van der Waals surface area contributed by atoms with Crippen LogP contribution in [0.5, 0.6) is 0 Å². The second-order valence-electron chi connectivity index (χ2n) is 2.05. The summed E-state index contributed by atoms with van der Waals surface area (Å²) in [5.74, 6) is 0.446. The summed E-state index contributed by atoms with van der Waals surface area (Å²) in [5, 5.41) is 1.39. The second kappa shape index (κ2) is 3.68. The zero-order valence-electron chi connectivity index (χ0n) is 6.67. The topological polar surface area (TPSA) is 58.2 Å².